The number of methoxy groups -OCH3 is 1. The summed E-state index contributed by atoms with van der Waals surface area (Å²) in [6.45, 7) is 1.64. The Kier molecular flexibility index (Phi) is 3.90. The molecule has 0 aliphatic carbocycles. The highest BCUT2D eigenvalue weighted by Gasteiger charge is 2.20. The molecule has 1 rings (SSSR count). The summed E-state index contributed by atoms with van der Waals surface area (Å²) in [6.07, 6.45) is -0.932. The normalized spacial score (nSPS) is 14.8. The van der Waals surface area contributed by atoms with Crippen LogP contribution in [0.1, 0.15) is 18.6 Å². The van der Waals surface area contributed by atoms with Gasteiger partial charge in [-0.1, -0.05) is 11.6 Å². The zero-order valence-corrected chi connectivity index (χ0v) is 9.25. The zero-order chi connectivity index (χ0) is 11.6. The van der Waals surface area contributed by atoms with Gasteiger partial charge in [0.1, 0.15) is 16.6 Å². The highest BCUT2D eigenvalue weighted by atomic mass is 35.5. The standard InChI is InChI=1S/C10H13ClFNO2/c1-5(13)9(14)6-3-4-7(12)8(11)10(6)15-2/h3-5,9,14H,13H2,1-2H3. The van der Waals surface area contributed by atoms with Crippen molar-refractivity contribution in [2.75, 3.05) is 7.11 Å². The summed E-state index contributed by atoms with van der Waals surface area (Å²) in [6, 6.07) is 2.10. The zero-order valence-electron chi connectivity index (χ0n) is 8.50. The molecule has 3 N–H and O–H groups in total. The third-order valence-corrected chi connectivity index (χ3v) is 2.45. The SMILES string of the molecule is COc1c(C(O)C(C)N)ccc(F)c1Cl. The van der Waals surface area contributed by atoms with Crippen LogP contribution < -0.4 is 10.5 Å². The van der Waals surface area contributed by atoms with Crippen molar-refractivity contribution < 1.29 is 14.2 Å². The highest BCUT2D eigenvalue weighted by Crippen LogP contribution is 2.35. The number of aliphatic hydroxyl groups excluding tert-OH is 1. The topological polar surface area (TPSA) is 55.5 Å². The maximum absolute atomic E-state index is 13.1. The lowest BCUT2D eigenvalue weighted by Gasteiger charge is -2.18. The van der Waals surface area contributed by atoms with Gasteiger partial charge in [-0.25, -0.2) is 4.39 Å². The molecule has 0 fully saturated rings. The molecule has 1 aromatic carbocycles. The van der Waals surface area contributed by atoms with Crippen LogP contribution >= 0.6 is 11.6 Å². The average molecular weight is 234 g/mol. The molecule has 0 aromatic heterocycles. The molecule has 2 unspecified atom stereocenters. The fourth-order valence-electron chi connectivity index (χ4n) is 1.27. The minimum absolute atomic E-state index is 0.126. The van der Waals surface area contributed by atoms with Gasteiger partial charge in [-0.3, -0.25) is 0 Å². The smallest absolute Gasteiger partial charge is 0.146 e. The predicted octanol–water partition coefficient (Wildman–Crippen LogP) is 1.87. The number of aliphatic hydroxyl groups is 1. The molecule has 0 heterocycles. The quantitative estimate of drug-likeness (QED) is 0.838. The van der Waals surface area contributed by atoms with Crippen LogP contribution in [0.25, 0.3) is 0 Å². The van der Waals surface area contributed by atoms with Crippen LogP contribution in [0.15, 0.2) is 12.1 Å². The highest BCUT2D eigenvalue weighted by molar-refractivity contribution is 6.32. The molecule has 3 nitrogen and oxygen atoms in total. The molecular formula is C10H13ClFNO2. The molecule has 0 saturated heterocycles. The molecule has 5 heteroatoms. The fourth-order valence-corrected chi connectivity index (χ4v) is 1.52. The Labute approximate surface area is 92.6 Å². The van der Waals surface area contributed by atoms with E-state index in [9.17, 15) is 9.50 Å². The molecule has 0 radical (unpaired) electrons. The first-order valence-electron chi connectivity index (χ1n) is 4.44. The second kappa shape index (κ2) is 4.79. The van der Waals surface area contributed by atoms with Crippen LogP contribution in [0.2, 0.25) is 5.02 Å². The van der Waals surface area contributed by atoms with Gasteiger partial charge in [0.15, 0.2) is 0 Å². The molecule has 2 atom stereocenters. The van der Waals surface area contributed by atoms with Gasteiger partial charge in [0.25, 0.3) is 0 Å². The molecule has 84 valence electrons. The van der Waals surface area contributed by atoms with Gasteiger partial charge in [-0.15, -0.1) is 0 Å². The summed E-state index contributed by atoms with van der Waals surface area (Å²) in [5, 5.41) is 9.60. The molecule has 0 spiro atoms. The van der Waals surface area contributed by atoms with Crippen LogP contribution in [-0.2, 0) is 0 Å². The first kappa shape index (κ1) is 12.2. The second-order valence-corrected chi connectivity index (χ2v) is 3.67. The van der Waals surface area contributed by atoms with E-state index in [1.807, 2.05) is 0 Å². The summed E-state index contributed by atoms with van der Waals surface area (Å²) in [5.41, 5.74) is 5.93. The van der Waals surface area contributed by atoms with Gasteiger partial charge in [0.05, 0.1) is 13.2 Å². The number of hydrogen-bond acceptors (Lipinski definition) is 3. The van der Waals surface area contributed by atoms with Gasteiger partial charge < -0.3 is 15.6 Å². The van der Waals surface area contributed by atoms with E-state index in [1.165, 1.54) is 19.2 Å². The lowest BCUT2D eigenvalue weighted by atomic mass is 10.0. The number of nitrogens with two attached hydrogens (primary N) is 1. The van der Waals surface area contributed by atoms with Gasteiger partial charge in [0, 0.05) is 11.6 Å². The van der Waals surface area contributed by atoms with Crippen molar-refractivity contribution in [3.8, 4) is 5.75 Å². The van der Waals surface area contributed by atoms with E-state index >= 15 is 0 Å². The van der Waals surface area contributed by atoms with E-state index < -0.39 is 18.0 Å². The molecule has 0 aliphatic heterocycles. The minimum Gasteiger partial charge on any atom is -0.495 e. The predicted molar refractivity (Wildman–Crippen MR) is 56.6 cm³/mol. The van der Waals surface area contributed by atoms with Crippen LogP contribution in [0.5, 0.6) is 5.75 Å². The van der Waals surface area contributed by atoms with Crippen molar-refractivity contribution in [2.45, 2.75) is 19.1 Å². The van der Waals surface area contributed by atoms with E-state index in [4.69, 9.17) is 22.1 Å². The fraction of sp³-hybridized carbons (Fsp3) is 0.400. The van der Waals surface area contributed by atoms with Crippen molar-refractivity contribution in [3.63, 3.8) is 0 Å². The van der Waals surface area contributed by atoms with E-state index in [0.717, 1.165) is 0 Å². The Hall–Kier alpha value is -0.840. The number of halogens is 2. The van der Waals surface area contributed by atoms with Crippen molar-refractivity contribution in [2.24, 2.45) is 5.73 Å². The Morgan fingerprint density at radius 1 is 1.53 bits per heavy atom. The summed E-state index contributed by atoms with van der Waals surface area (Å²) in [7, 11) is 1.36. The van der Waals surface area contributed by atoms with Crippen molar-refractivity contribution in [1.82, 2.24) is 0 Å². The lowest BCUT2D eigenvalue weighted by Crippen LogP contribution is -2.24. The van der Waals surface area contributed by atoms with Gasteiger partial charge in [-0.05, 0) is 19.1 Å². The Morgan fingerprint density at radius 3 is 2.60 bits per heavy atom. The maximum atomic E-state index is 13.1. The number of ether oxygens (including phenoxy) is 1. The Balaban J connectivity index is 3.24. The monoisotopic (exact) mass is 233 g/mol. The molecule has 1 aromatic rings. The first-order valence-corrected chi connectivity index (χ1v) is 4.82. The lowest BCUT2D eigenvalue weighted by molar-refractivity contribution is 0.149. The second-order valence-electron chi connectivity index (χ2n) is 3.29. The minimum atomic E-state index is -0.932. The number of rotatable bonds is 3. The third kappa shape index (κ3) is 2.40. The van der Waals surface area contributed by atoms with Crippen LogP contribution in [0.4, 0.5) is 4.39 Å². The molecule has 0 saturated carbocycles. The van der Waals surface area contributed by atoms with Crippen molar-refractivity contribution >= 4 is 11.6 Å². The third-order valence-electron chi connectivity index (χ3n) is 2.10. The summed E-state index contributed by atoms with van der Waals surface area (Å²) < 4.78 is 18.0. The van der Waals surface area contributed by atoms with Gasteiger partial charge in [0.2, 0.25) is 0 Å². The van der Waals surface area contributed by atoms with Gasteiger partial charge in [-0.2, -0.15) is 0 Å². The van der Waals surface area contributed by atoms with Gasteiger partial charge >= 0.3 is 0 Å². The Morgan fingerprint density at radius 2 is 2.13 bits per heavy atom. The number of hydrogen-bond donors (Lipinski definition) is 2. The van der Waals surface area contributed by atoms with Crippen LogP contribution in [0.3, 0.4) is 0 Å². The van der Waals surface area contributed by atoms with E-state index in [-0.39, 0.29) is 10.8 Å². The maximum Gasteiger partial charge on any atom is 0.146 e. The largest absolute Gasteiger partial charge is 0.495 e. The molecule has 15 heavy (non-hydrogen) atoms. The molecule has 0 bridgehead atoms. The van der Waals surface area contributed by atoms with Crippen molar-refractivity contribution in [1.29, 1.82) is 0 Å². The molecule has 0 amide bonds. The molecular weight excluding hydrogens is 221 g/mol. The molecule has 0 aliphatic rings. The van der Waals surface area contributed by atoms with E-state index in [0.29, 0.717) is 5.56 Å². The van der Waals surface area contributed by atoms with Crippen LogP contribution in [-0.4, -0.2) is 18.3 Å². The van der Waals surface area contributed by atoms with Crippen LogP contribution in [0, 0.1) is 5.82 Å². The first-order chi connectivity index (χ1) is 6.99. The van der Waals surface area contributed by atoms with E-state index in [1.54, 1.807) is 6.92 Å². The summed E-state index contributed by atoms with van der Waals surface area (Å²) in [5.74, 6) is -0.462. The Bertz CT molecular complexity index is 358. The van der Waals surface area contributed by atoms with E-state index in [2.05, 4.69) is 0 Å². The average Bonchev–Trinajstić information content (AvgIpc) is 2.20. The summed E-state index contributed by atoms with van der Waals surface area (Å²) in [4.78, 5) is 0. The number of benzene rings is 1. The summed E-state index contributed by atoms with van der Waals surface area (Å²) >= 11 is 5.70. The van der Waals surface area contributed by atoms with Crippen molar-refractivity contribution in [3.05, 3.63) is 28.5 Å².